The number of hydrogen-bond donors (Lipinski definition) is 3. The number of nitrogens with zero attached hydrogens (tertiary/aromatic N) is 1. The van der Waals surface area contributed by atoms with Gasteiger partial charge in [-0.1, -0.05) is 19.1 Å². The Hall–Kier alpha value is -1.43. The molecule has 6 rings (SSSR count). The molecule has 3 N–H and O–H groups in total. The summed E-state index contributed by atoms with van der Waals surface area (Å²) in [6, 6.07) is 0.476. The van der Waals surface area contributed by atoms with Gasteiger partial charge in [0.1, 0.15) is 0 Å². The lowest BCUT2D eigenvalue weighted by molar-refractivity contribution is -0.129. The molecule has 27 heavy (non-hydrogen) atoms. The Balaban J connectivity index is 1.46. The lowest BCUT2D eigenvalue weighted by Crippen LogP contribution is -2.59. The van der Waals surface area contributed by atoms with Crippen molar-refractivity contribution in [3.63, 3.8) is 0 Å². The first-order chi connectivity index (χ1) is 13.1. The molecule has 0 spiro atoms. The van der Waals surface area contributed by atoms with E-state index < -0.39 is 0 Å². The number of rotatable bonds is 6. The van der Waals surface area contributed by atoms with Crippen molar-refractivity contribution in [1.29, 1.82) is 0 Å². The first kappa shape index (κ1) is 17.7. The summed E-state index contributed by atoms with van der Waals surface area (Å²) in [5.41, 5.74) is 7.59. The van der Waals surface area contributed by atoms with Crippen molar-refractivity contribution in [2.45, 2.75) is 63.0 Å². The molecule has 5 heteroatoms. The summed E-state index contributed by atoms with van der Waals surface area (Å²) in [4.78, 5) is 9.81. The molecule has 4 bridgehead atoms. The highest BCUT2D eigenvalue weighted by Crippen LogP contribution is 2.56. The fourth-order valence-electron chi connectivity index (χ4n) is 6.45. The van der Waals surface area contributed by atoms with Crippen LogP contribution < -0.4 is 10.8 Å². The number of nitrogens with one attached hydrogen (secondary N) is 2. The van der Waals surface area contributed by atoms with E-state index in [9.17, 15) is 5.11 Å². The maximum absolute atomic E-state index is 10.9. The molecule has 0 aromatic carbocycles. The molecule has 0 saturated heterocycles. The average Bonchev–Trinajstić information content (AvgIpc) is 3.10. The van der Waals surface area contributed by atoms with Gasteiger partial charge in [0.2, 0.25) is 0 Å². The largest absolute Gasteiger partial charge is 0.390 e. The standard InChI is InChI=1S/C22H31N3O2/c1-13(11-24-27-2)18-12-23-19-5-3-4-17(19)21(18)25-20-15-6-14-7-16(20)10-22(26,8-14)9-15/h3-4,12-16,20,24,26H,5-11H2,1-2H3,(H,23,25). The van der Waals surface area contributed by atoms with Gasteiger partial charge in [0.15, 0.2) is 0 Å². The molecule has 146 valence electrons. The lowest BCUT2D eigenvalue weighted by Gasteiger charge is -2.58. The summed E-state index contributed by atoms with van der Waals surface area (Å²) in [7, 11) is 1.66. The zero-order chi connectivity index (χ0) is 18.6. The topological polar surface area (TPSA) is 66.4 Å². The number of anilines is 1. The molecule has 5 aliphatic carbocycles. The van der Waals surface area contributed by atoms with Crippen LogP contribution in [0.25, 0.3) is 6.08 Å². The van der Waals surface area contributed by atoms with Crippen LogP contribution in [0.3, 0.4) is 0 Å². The van der Waals surface area contributed by atoms with E-state index >= 15 is 0 Å². The van der Waals surface area contributed by atoms with E-state index in [1.54, 1.807) is 7.11 Å². The Bertz CT molecular complexity index is 746. The number of aliphatic hydroxyl groups is 1. The van der Waals surface area contributed by atoms with Gasteiger partial charge < -0.3 is 15.3 Å². The normalized spacial score (nSPS) is 36.9. The first-order valence-electron chi connectivity index (χ1n) is 10.5. The fraction of sp³-hybridized carbons (Fsp3) is 0.682. The van der Waals surface area contributed by atoms with Crippen molar-refractivity contribution in [3.8, 4) is 0 Å². The Morgan fingerprint density at radius 1 is 1.30 bits per heavy atom. The van der Waals surface area contributed by atoms with Gasteiger partial charge in [-0.15, -0.1) is 0 Å². The number of aromatic nitrogens is 1. The molecule has 5 aliphatic rings. The van der Waals surface area contributed by atoms with Gasteiger partial charge in [-0.05, 0) is 61.3 Å². The van der Waals surface area contributed by atoms with Crippen molar-refractivity contribution in [1.82, 2.24) is 10.5 Å². The average molecular weight is 370 g/mol. The van der Waals surface area contributed by atoms with Gasteiger partial charge in [-0.3, -0.25) is 4.98 Å². The Kier molecular flexibility index (Phi) is 4.30. The minimum absolute atomic E-state index is 0.306. The SMILES string of the molecule is CONCC(C)c1cnc2c(c1NC1C3CC4CC1CC(O)(C4)C3)C=CC2. The van der Waals surface area contributed by atoms with E-state index in [2.05, 4.69) is 36.1 Å². The van der Waals surface area contributed by atoms with Crippen molar-refractivity contribution < 1.29 is 9.94 Å². The van der Waals surface area contributed by atoms with E-state index in [1.807, 2.05) is 0 Å². The zero-order valence-electron chi connectivity index (χ0n) is 16.4. The maximum Gasteiger partial charge on any atom is 0.0657 e. The molecule has 1 heterocycles. The summed E-state index contributed by atoms with van der Waals surface area (Å²) < 4.78 is 0. The molecule has 4 fully saturated rings. The number of allylic oxidation sites excluding steroid dienone is 1. The molecule has 0 aliphatic heterocycles. The molecule has 3 unspecified atom stereocenters. The van der Waals surface area contributed by atoms with E-state index in [4.69, 9.17) is 9.82 Å². The van der Waals surface area contributed by atoms with Crippen LogP contribution >= 0.6 is 0 Å². The van der Waals surface area contributed by atoms with E-state index in [0.29, 0.717) is 23.8 Å². The van der Waals surface area contributed by atoms with E-state index in [0.717, 1.165) is 38.1 Å². The van der Waals surface area contributed by atoms with Gasteiger partial charge in [0.05, 0.1) is 18.4 Å². The summed E-state index contributed by atoms with van der Waals surface area (Å²) in [5.74, 6) is 2.23. The molecule has 0 amide bonds. The Morgan fingerprint density at radius 2 is 2.07 bits per heavy atom. The third-order valence-corrected chi connectivity index (χ3v) is 7.44. The van der Waals surface area contributed by atoms with Crippen molar-refractivity contribution >= 4 is 11.8 Å². The predicted octanol–water partition coefficient (Wildman–Crippen LogP) is 3.26. The smallest absolute Gasteiger partial charge is 0.0657 e. The molecule has 0 radical (unpaired) electrons. The van der Waals surface area contributed by atoms with Crippen LogP contribution in [0.2, 0.25) is 0 Å². The number of fused-ring (bicyclic) bond motifs is 1. The third kappa shape index (κ3) is 3.00. The van der Waals surface area contributed by atoms with Crippen molar-refractivity contribution in [2.24, 2.45) is 17.8 Å². The van der Waals surface area contributed by atoms with Crippen LogP contribution in [-0.4, -0.2) is 35.4 Å². The van der Waals surface area contributed by atoms with Crippen LogP contribution in [0.15, 0.2) is 12.3 Å². The van der Waals surface area contributed by atoms with Crippen molar-refractivity contribution in [3.05, 3.63) is 29.1 Å². The highest BCUT2D eigenvalue weighted by atomic mass is 16.6. The second-order valence-corrected chi connectivity index (χ2v) is 9.37. The molecule has 4 saturated carbocycles. The second kappa shape index (κ2) is 6.57. The Morgan fingerprint density at radius 3 is 2.78 bits per heavy atom. The first-order valence-corrected chi connectivity index (χ1v) is 10.5. The summed E-state index contributed by atoms with van der Waals surface area (Å²) in [5, 5.41) is 14.9. The summed E-state index contributed by atoms with van der Waals surface area (Å²) >= 11 is 0. The summed E-state index contributed by atoms with van der Waals surface area (Å²) in [6.07, 6.45) is 12.9. The number of pyridine rings is 1. The summed E-state index contributed by atoms with van der Waals surface area (Å²) in [6.45, 7) is 2.98. The highest BCUT2D eigenvalue weighted by Gasteiger charge is 2.54. The number of hydroxylamine groups is 1. The third-order valence-electron chi connectivity index (χ3n) is 7.44. The van der Waals surface area contributed by atoms with Crippen LogP contribution in [0.1, 0.15) is 61.8 Å². The van der Waals surface area contributed by atoms with Gasteiger partial charge in [-0.25, -0.2) is 5.48 Å². The quantitative estimate of drug-likeness (QED) is 0.672. The van der Waals surface area contributed by atoms with Gasteiger partial charge >= 0.3 is 0 Å². The minimum Gasteiger partial charge on any atom is -0.390 e. The lowest BCUT2D eigenvalue weighted by atomic mass is 9.52. The molecular weight excluding hydrogens is 338 g/mol. The molecular formula is C22H31N3O2. The van der Waals surface area contributed by atoms with Gasteiger partial charge in [-0.2, -0.15) is 0 Å². The van der Waals surface area contributed by atoms with E-state index in [-0.39, 0.29) is 5.60 Å². The van der Waals surface area contributed by atoms with E-state index in [1.165, 1.54) is 35.3 Å². The predicted molar refractivity (Wildman–Crippen MR) is 106 cm³/mol. The van der Waals surface area contributed by atoms with Crippen LogP contribution in [0.5, 0.6) is 0 Å². The zero-order valence-corrected chi connectivity index (χ0v) is 16.4. The van der Waals surface area contributed by atoms with Crippen molar-refractivity contribution in [2.75, 3.05) is 19.0 Å². The molecule has 5 nitrogen and oxygen atoms in total. The maximum atomic E-state index is 10.9. The minimum atomic E-state index is -0.382. The fourth-order valence-corrected chi connectivity index (χ4v) is 6.45. The highest BCUT2D eigenvalue weighted by molar-refractivity contribution is 5.75. The number of hydrogen-bond acceptors (Lipinski definition) is 5. The van der Waals surface area contributed by atoms with Gasteiger partial charge in [0.25, 0.3) is 0 Å². The molecule has 3 atom stereocenters. The molecule has 1 aromatic rings. The van der Waals surface area contributed by atoms with Crippen LogP contribution in [0.4, 0.5) is 5.69 Å². The van der Waals surface area contributed by atoms with Crippen LogP contribution in [0, 0.1) is 17.8 Å². The second-order valence-electron chi connectivity index (χ2n) is 9.37. The monoisotopic (exact) mass is 369 g/mol. The van der Waals surface area contributed by atoms with Crippen LogP contribution in [-0.2, 0) is 11.3 Å². The van der Waals surface area contributed by atoms with Gasteiger partial charge in [0, 0.05) is 36.5 Å². The Labute approximate surface area is 161 Å². The molecule has 1 aromatic heterocycles.